The van der Waals surface area contributed by atoms with Crippen LogP contribution < -0.4 is 0 Å². The summed E-state index contributed by atoms with van der Waals surface area (Å²) in [6.07, 6.45) is 0. The summed E-state index contributed by atoms with van der Waals surface area (Å²) in [4.78, 5) is 47.6. The van der Waals surface area contributed by atoms with E-state index in [-0.39, 0.29) is 72.1 Å². The molecule has 2 aromatic rings. The highest BCUT2D eigenvalue weighted by Gasteiger charge is 2.18. The minimum atomic E-state index is -1.07. The van der Waals surface area contributed by atoms with Crippen molar-refractivity contribution in [2.45, 2.75) is 26.3 Å². The maximum atomic E-state index is 11.5. The van der Waals surface area contributed by atoms with Crippen molar-refractivity contribution in [2.24, 2.45) is 0 Å². The van der Waals surface area contributed by atoms with Crippen LogP contribution in [0.4, 0.5) is 0 Å². The van der Waals surface area contributed by atoms with Crippen molar-refractivity contribution in [3.63, 3.8) is 0 Å². The Kier molecular flexibility index (Phi) is 12.5. The molecule has 0 aliphatic rings. The standard InChI is InChI=1S/C24H33N5O8/c30-16-20-5-1-3-18(25-20)11-28(14-23(34)35)9-7-27(13-22(32)33)8-10-29(15-24(36)37)12-19-4-2-6-21(17-31)26-19/h1-6,30-31H,7-17H2,(H,32,33)(H,34,35)(H,36,37). The van der Waals surface area contributed by atoms with E-state index in [4.69, 9.17) is 0 Å². The molecule has 0 aliphatic carbocycles. The Bertz CT molecular complexity index is 964. The van der Waals surface area contributed by atoms with E-state index in [1.165, 1.54) is 0 Å². The monoisotopic (exact) mass is 519 g/mol. The molecule has 2 rings (SSSR count). The van der Waals surface area contributed by atoms with Gasteiger partial charge >= 0.3 is 17.9 Å². The van der Waals surface area contributed by atoms with Crippen LogP contribution in [0.2, 0.25) is 0 Å². The number of aromatic nitrogens is 2. The molecule has 0 saturated carbocycles. The summed E-state index contributed by atoms with van der Waals surface area (Å²) in [5, 5.41) is 46.6. The van der Waals surface area contributed by atoms with Gasteiger partial charge in [-0.3, -0.25) is 39.1 Å². The number of carboxylic acid groups (broad SMARTS) is 3. The third-order valence-corrected chi connectivity index (χ3v) is 5.37. The van der Waals surface area contributed by atoms with E-state index < -0.39 is 17.9 Å². The highest BCUT2D eigenvalue weighted by Crippen LogP contribution is 2.07. The molecule has 13 heteroatoms. The highest BCUT2D eigenvalue weighted by atomic mass is 16.4. The molecular formula is C24H33N5O8. The van der Waals surface area contributed by atoms with E-state index in [0.29, 0.717) is 22.8 Å². The molecule has 2 aromatic heterocycles. The highest BCUT2D eigenvalue weighted by molar-refractivity contribution is 5.69. The fourth-order valence-corrected chi connectivity index (χ4v) is 3.71. The number of rotatable bonds is 18. The summed E-state index contributed by atoms with van der Waals surface area (Å²) in [7, 11) is 0. The number of carboxylic acids is 3. The molecule has 0 unspecified atom stereocenters. The smallest absolute Gasteiger partial charge is 0.317 e. The van der Waals surface area contributed by atoms with E-state index in [9.17, 15) is 39.9 Å². The molecule has 2 heterocycles. The van der Waals surface area contributed by atoms with Gasteiger partial charge in [0, 0.05) is 39.3 Å². The van der Waals surface area contributed by atoms with Crippen LogP contribution in [0.15, 0.2) is 36.4 Å². The molecule has 0 fully saturated rings. The summed E-state index contributed by atoms with van der Waals surface area (Å²) >= 11 is 0. The van der Waals surface area contributed by atoms with E-state index in [1.54, 1.807) is 51.1 Å². The lowest BCUT2D eigenvalue weighted by molar-refractivity contribution is -0.140. The van der Waals surface area contributed by atoms with Crippen molar-refractivity contribution in [3.8, 4) is 0 Å². The Hall–Kier alpha value is -3.49. The van der Waals surface area contributed by atoms with Crippen LogP contribution in [-0.2, 0) is 40.7 Å². The van der Waals surface area contributed by atoms with E-state index in [1.807, 2.05) is 0 Å². The number of aliphatic hydroxyl groups excluding tert-OH is 2. The zero-order chi connectivity index (χ0) is 27.2. The first kappa shape index (κ1) is 29.7. The van der Waals surface area contributed by atoms with Crippen LogP contribution >= 0.6 is 0 Å². The largest absolute Gasteiger partial charge is 0.480 e. The van der Waals surface area contributed by atoms with E-state index >= 15 is 0 Å². The minimum absolute atomic E-state index is 0.194. The van der Waals surface area contributed by atoms with Gasteiger partial charge in [0.25, 0.3) is 0 Å². The van der Waals surface area contributed by atoms with Crippen LogP contribution in [-0.4, -0.2) is 114 Å². The number of carbonyl (C=O) groups is 3. The van der Waals surface area contributed by atoms with Crippen LogP contribution in [0.1, 0.15) is 22.8 Å². The van der Waals surface area contributed by atoms with Crippen LogP contribution in [0.25, 0.3) is 0 Å². The molecule has 13 nitrogen and oxygen atoms in total. The van der Waals surface area contributed by atoms with Gasteiger partial charge in [-0.2, -0.15) is 0 Å². The van der Waals surface area contributed by atoms with Gasteiger partial charge in [-0.15, -0.1) is 0 Å². The molecular weight excluding hydrogens is 486 g/mol. The molecule has 0 radical (unpaired) electrons. The zero-order valence-corrected chi connectivity index (χ0v) is 20.4. The molecule has 0 atom stereocenters. The van der Waals surface area contributed by atoms with Gasteiger partial charge in [0.05, 0.1) is 55.6 Å². The lowest BCUT2D eigenvalue weighted by atomic mass is 10.2. The number of pyridine rings is 2. The van der Waals surface area contributed by atoms with Crippen molar-refractivity contribution in [1.82, 2.24) is 24.7 Å². The lowest BCUT2D eigenvalue weighted by Gasteiger charge is -2.28. The Morgan fingerprint density at radius 2 is 0.892 bits per heavy atom. The topological polar surface area (TPSA) is 188 Å². The van der Waals surface area contributed by atoms with Gasteiger partial charge in [-0.25, -0.2) is 0 Å². The summed E-state index contributed by atoms with van der Waals surface area (Å²) in [5.74, 6) is -3.16. The molecule has 0 saturated heterocycles. The average molecular weight is 520 g/mol. The molecule has 202 valence electrons. The summed E-state index contributed by atoms with van der Waals surface area (Å²) in [6, 6.07) is 10.2. The van der Waals surface area contributed by atoms with E-state index in [0.717, 1.165) is 0 Å². The second-order valence-electron chi connectivity index (χ2n) is 8.44. The Morgan fingerprint density at radius 3 is 1.24 bits per heavy atom. The number of nitrogens with zero attached hydrogens (tertiary/aromatic N) is 5. The summed E-state index contributed by atoms with van der Waals surface area (Å²) in [5.41, 5.74) is 2.06. The van der Waals surface area contributed by atoms with Crippen LogP contribution in [0.5, 0.6) is 0 Å². The molecule has 5 N–H and O–H groups in total. The first-order valence-corrected chi connectivity index (χ1v) is 11.6. The van der Waals surface area contributed by atoms with Crippen molar-refractivity contribution >= 4 is 17.9 Å². The predicted octanol–water partition coefficient (Wildman–Crippen LogP) is -0.679. The maximum Gasteiger partial charge on any atom is 0.317 e. The van der Waals surface area contributed by atoms with Gasteiger partial charge in [0.2, 0.25) is 0 Å². The van der Waals surface area contributed by atoms with E-state index in [2.05, 4.69) is 9.97 Å². The Balaban J connectivity index is 2.05. The summed E-state index contributed by atoms with van der Waals surface area (Å²) < 4.78 is 0. The number of aliphatic hydroxyl groups is 2. The van der Waals surface area contributed by atoms with Crippen LogP contribution in [0.3, 0.4) is 0 Å². The Morgan fingerprint density at radius 1 is 0.568 bits per heavy atom. The third kappa shape index (κ3) is 11.9. The van der Waals surface area contributed by atoms with Crippen molar-refractivity contribution in [2.75, 3.05) is 45.8 Å². The van der Waals surface area contributed by atoms with Crippen LogP contribution in [0, 0.1) is 0 Å². The third-order valence-electron chi connectivity index (χ3n) is 5.37. The SMILES string of the molecule is O=C(O)CN(CCN(CC(=O)O)Cc1cccc(CO)n1)CCN(CC(=O)O)Cc1cccc(CO)n1. The zero-order valence-electron chi connectivity index (χ0n) is 20.4. The molecule has 0 bridgehead atoms. The predicted molar refractivity (Wildman–Crippen MR) is 130 cm³/mol. The van der Waals surface area contributed by atoms with Gasteiger partial charge < -0.3 is 25.5 Å². The lowest BCUT2D eigenvalue weighted by Crippen LogP contribution is -2.43. The van der Waals surface area contributed by atoms with Crippen molar-refractivity contribution < 1.29 is 39.9 Å². The van der Waals surface area contributed by atoms with Gasteiger partial charge in [-0.1, -0.05) is 12.1 Å². The minimum Gasteiger partial charge on any atom is -0.480 e. The van der Waals surface area contributed by atoms with Gasteiger partial charge in [-0.05, 0) is 24.3 Å². The van der Waals surface area contributed by atoms with Gasteiger partial charge in [0.1, 0.15) is 0 Å². The fraction of sp³-hybridized carbons (Fsp3) is 0.458. The number of hydrogen-bond acceptors (Lipinski definition) is 10. The number of hydrogen-bond donors (Lipinski definition) is 5. The fourth-order valence-electron chi connectivity index (χ4n) is 3.71. The average Bonchev–Trinajstić information content (AvgIpc) is 2.84. The quantitative estimate of drug-likeness (QED) is 0.167. The molecule has 0 amide bonds. The van der Waals surface area contributed by atoms with Gasteiger partial charge in [0.15, 0.2) is 0 Å². The van der Waals surface area contributed by atoms with Crippen molar-refractivity contribution in [1.29, 1.82) is 0 Å². The molecule has 0 spiro atoms. The number of aliphatic carboxylic acids is 3. The Labute approximate surface area is 214 Å². The molecule has 0 aliphatic heterocycles. The second kappa shape index (κ2) is 15.6. The second-order valence-corrected chi connectivity index (χ2v) is 8.44. The summed E-state index contributed by atoms with van der Waals surface area (Å²) in [6.45, 7) is -0.0912. The first-order chi connectivity index (χ1) is 17.7. The molecule has 0 aromatic carbocycles. The molecule has 37 heavy (non-hydrogen) atoms. The van der Waals surface area contributed by atoms with Crippen molar-refractivity contribution in [3.05, 3.63) is 59.2 Å². The normalized spacial score (nSPS) is 11.4. The maximum absolute atomic E-state index is 11.5. The first-order valence-electron chi connectivity index (χ1n) is 11.6.